The summed E-state index contributed by atoms with van der Waals surface area (Å²) >= 11 is 4.71. The van der Waals surface area contributed by atoms with Gasteiger partial charge in [-0.15, -0.1) is 0 Å². The van der Waals surface area contributed by atoms with Gasteiger partial charge in [-0.05, 0) is 44.3 Å². The van der Waals surface area contributed by atoms with Crippen molar-refractivity contribution in [3.63, 3.8) is 0 Å². The van der Waals surface area contributed by atoms with Gasteiger partial charge in [0.2, 0.25) is 0 Å². The van der Waals surface area contributed by atoms with Crippen LogP contribution in [0.15, 0.2) is 41.5 Å². The molecule has 0 saturated heterocycles. The monoisotopic (exact) mass is 387 g/mol. The second-order valence-corrected chi connectivity index (χ2v) is 6.12. The third-order valence-electron chi connectivity index (χ3n) is 3.82. The molecule has 8 nitrogen and oxygen atoms in total. The van der Waals surface area contributed by atoms with Crippen LogP contribution in [0.2, 0.25) is 0 Å². The van der Waals surface area contributed by atoms with Crippen LogP contribution in [0.4, 0.5) is 0 Å². The van der Waals surface area contributed by atoms with E-state index in [1.165, 1.54) is 12.1 Å². The maximum atomic E-state index is 13.0. The summed E-state index contributed by atoms with van der Waals surface area (Å²) in [5, 5.41) is 5.33. The van der Waals surface area contributed by atoms with E-state index in [0.717, 1.165) is 11.3 Å². The van der Waals surface area contributed by atoms with Crippen molar-refractivity contribution in [3.05, 3.63) is 58.9 Å². The fourth-order valence-electron chi connectivity index (χ4n) is 2.59. The average Bonchev–Trinajstić information content (AvgIpc) is 2.93. The molecule has 0 saturated carbocycles. The van der Waals surface area contributed by atoms with Gasteiger partial charge in [0.25, 0.3) is 5.91 Å². The molecule has 0 spiro atoms. The topological polar surface area (TPSA) is 102 Å². The van der Waals surface area contributed by atoms with Crippen molar-refractivity contribution in [1.29, 1.82) is 0 Å². The lowest BCUT2D eigenvalue weighted by Crippen LogP contribution is -2.45. The number of rotatable bonds is 6. The van der Waals surface area contributed by atoms with Crippen LogP contribution in [0.3, 0.4) is 0 Å². The number of hydrogen-bond acceptors (Lipinski definition) is 5. The van der Waals surface area contributed by atoms with Crippen LogP contribution in [0.25, 0.3) is 0 Å². The minimum Gasteiger partial charge on any atom is -0.468 e. The Balaban J connectivity index is 2.45. The van der Waals surface area contributed by atoms with E-state index in [1.807, 2.05) is 26.0 Å². The number of carbonyl (C=O) groups is 2. The van der Waals surface area contributed by atoms with Crippen LogP contribution in [0, 0.1) is 13.8 Å². The fourth-order valence-corrected chi connectivity index (χ4v) is 2.65. The molecule has 3 N–H and O–H groups in total. The van der Waals surface area contributed by atoms with Gasteiger partial charge < -0.3 is 10.5 Å². The molecule has 27 heavy (non-hydrogen) atoms. The zero-order valence-electron chi connectivity index (χ0n) is 15.3. The Morgan fingerprint density at radius 2 is 2.00 bits per heavy atom. The lowest BCUT2D eigenvalue weighted by Gasteiger charge is -2.26. The summed E-state index contributed by atoms with van der Waals surface area (Å²) in [6, 6.07) is 10.6. The molecular formula is C18H21N5O3S. The van der Waals surface area contributed by atoms with Gasteiger partial charge in [0, 0.05) is 22.5 Å². The highest BCUT2D eigenvalue weighted by atomic mass is 32.1. The van der Waals surface area contributed by atoms with Gasteiger partial charge in [0.1, 0.15) is 6.54 Å². The van der Waals surface area contributed by atoms with Crippen LogP contribution in [0.1, 0.15) is 27.3 Å². The van der Waals surface area contributed by atoms with Crippen LogP contribution >= 0.6 is 12.2 Å². The van der Waals surface area contributed by atoms with Gasteiger partial charge >= 0.3 is 5.97 Å². The Morgan fingerprint density at radius 1 is 1.33 bits per heavy atom. The van der Waals surface area contributed by atoms with Crippen molar-refractivity contribution in [3.8, 4) is 0 Å². The minimum atomic E-state index is -0.530. The van der Waals surface area contributed by atoms with Crippen molar-refractivity contribution in [2.24, 2.45) is 10.8 Å². The molecule has 1 amide bonds. The SMILES string of the molecule is COC(=O)CN(C(=O)c1ccccc1)n1c(C)cc(/C=N\NC(N)=S)c1C. The van der Waals surface area contributed by atoms with Crippen molar-refractivity contribution in [2.75, 3.05) is 18.7 Å². The van der Waals surface area contributed by atoms with Gasteiger partial charge in [-0.3, -0.25) is 19.7 Å². The van der Waals surface area contributed by atoms with Crippen molar-refractivity contribution in [1.82, 2.24) is 10.1 Å². The van der Waals surface area contributed by atoms with E-state index in [2.05, 4.69) is 10.5 Å². The van der Waals surface area contributed by atoms with Gasteiger partial charge in [0.15, 0.2) is 5.11 Å². The zero-order valence-corrected chi connectivity index (χ0v) is 16.1. The molecule has 0 aliphatic carbocycles. The zero-order chi connectivity index (χ0) is 20.0. The first-order valence-corrected chi connectivity index (χ1v) is 8.47. The Bertz CT molecular complexity index is 877. The molecule has 1 heterocycles. The number of ether oxygens (including phenoxy) is 1. The Morgan fingerprint density at radius 3 is 2.59 bits per heavy atom. The number of amides is 1. The van der Waals surface area contributed by atoms with Crippen LogP contribution < -0.4 is 16.2 Å². The second kappa shape index (κ2) is 8.95. The van der Waals surface area contributed by atoms with Crippen molar-refractivity contribution >= 4 is 35.4 Å². The van der Waals surface area contributed by atoms with Crippen molar-refractivity contribution < 1.29 is 14.3 Å². The quantitative estimate of drug-likeness (QED) is 0.334. The number of thiocarbonyl (C=S) groups is 1. The molecule has 0 aliphatic rings. The predicted octanol–water partition coefficient (Wildman–Crippen LogP) is 1.22. The molecule has 0 radical (unpaired) electrons. The summed E-state index contributed by atoms with van der Waals surface area (Å²) in [7, 11) is 1.28. The molecule has 1 aromatic carbocycles. The summed E-state index contributed by atoms with van der Waals surface area (Å²) in [6.45, 7) is 3.41. The smallest absolute Gasteiger partial charge is 0.327 e. The normalized spacial score (nSPS) is 10.6. The largest absolute Gasteiger partial charge is 0.468 e. The van der Waals surface area contributed by atoms with E-state index in [4.69, 9.17) is 22.7 Å². The van der Waals surface area contributed by atoms with E-state index in [0.29, 0.717) is 11.3 Å². The standard InChI is InChI=1S/C18H21N5O3S/c1-12-9-15(10-20-21-18(19)27)13(2)23(12)22(11-16(24)26-3)17(25)14-7-5-4-6-8-14/h4-10H,11H2,1-3H3,(H3,19,21,27)/b20-10-. The first-order chi connectivity index (χ1) is 12.8. The van der Waals surface area contributed by atoms with Gasteiger partial charge in [-0.1, -0.05) is 18.2 Å². The van der Waals surface area contributed by atoms with Gasteiger partial charge in [-0.2, -0.15) is 5.10 Å². The predicted molar refractivity (Wildman–Crippen MR) is 107 cm³/mol. The lowest BCUT2D eigenvalue weighted by molar-refractivity contribution is -0.139. The fraction of sp³-hybridized carbons (Fsp3) is 0.222. The molecule has 142 valence electrons. The third-order valence-corrected chi connectivity index (χ3v) is 3.91. The highest BCUT2D eigenvalue weighted by Crippen LogP contribution is 2.16. The molecule has 2 rings (SSSR count). The van der Waals surface area contributed by atoms with Gasteiger partial charge in [0.05, 0.1) is 13.3 Å². The lowest BCUT2D eigenvalue weighted by atomic mass is 10.2. The number of aromatic nitrogens is 1. The van der Waals surface area contributed by atoms with Gasteiger partial charge in [-0.25, -0.2) is 5.01 Å². The maximum absolute atomic E-state index is 13.0. The first-order valence-electron chi connectivity index (χ1n) is 8.06. The number of nitrogens with two attached hydrogens (primary N) is 1. The number of hydrogen-bond donors (Lipinski definition) is 2. The highest BCUT2D eigenvalue weighted by Gasteiger charge is 2.24. The number of hydrazone groups is 1. The molecule has 0 unspecified atom stereocenters. The molecule has 2 aromatic rings. The molecule has 9 heteroatoms. The second-order valence-electron chi connectivity index (χ2n) is 5.68. The van der Waals surface area contributed by atoms with Crippen molar-refractivity contribution in [2.45, 2.75) is 13.8 Å². The van der Waals surface area contributed by atoms with E-state index in [9.17, 15) is 9.59 Å². The number of methoxy groups -OCH3 is 1. The summed E-state index contributed by atoms with van der Waals surface area (Å²) in [4.78, 5) is 24.9. The highest BCUT2D eigenvalue weighted by molar-refractivity contribution is 7.80. The first kappa shape index (κ1) is 20.1. The summed E-state index contributed by atoms with van der Waals surface area (Å²) < 4.78 is 6.42. The molecular weight excluding hydrogens is 366 g/mol. The number of esters is 1. The van der Waals surface area contributed by atoms with Crippen LogP contribution in [-0.2, 0) is 9.53 Å². The molecule has 0 bridgehead atoms. The number of nitrogens with one attached hydrogen (secondary N) is 1. The van der Waals surface area contributed by atoms with E-state index in [-0.39, 0.29) is 17.6 Å². The van der Waals surface area contributed by atoms with Crippen LogP contribution in [-0.4, -0.2) is 41.5 Å². The van der Waals surface area contributed by atoms with E-state index in [1.54, 1.807) is 35.2 Å². The van der Waals surface area contributed by atoms with E-state index < -0.39 is 5.97 Å². The summed E-state index contributed by atoms with van der Waals surface area (Å²) in [5.41, 5.74) is 10.5. The Hall–Kier alpha value is -3.20. The third kappa shape index (κ3) is 4.91. The van der Waals surface area contributed by atoms with E-state index >= 15 is 0 Å². The minimum absolute atomic E-state index is 0.0478. The number of benzene rings is 1. The summed E-state index contributed by atoms with van der Waals surface area (Å²) in [5.74, 6) is -0.857. The number of aryl methyl sites for hydroxylation is 1. The summed E-state index contributed by atoms with van der Waals surface area (Å²) in [6.07, 6.45) is 1.54. The average molecular weight is 387 g/mol. The molecule has 0 atom stereocenters. The Labute approximate surface area is 162 Å². The number of nitrogens with zero attached hydrogens (tertiary/aromatic N) is 3. The number of carbonyl (C=O) groups excluding carboxylic acids is 2. The maximum Gasteiger partial charge on any atom is 0.327 e. The Kier molecular flexibility index (Phi) is 6.67. The molecule has 0 fully saturated rings. The molecule has 0 aliphatic heterocycles. The van der Waals surface area contributed by atoms with Crippen LogP contribution in [0.5, 0.6) is 0 Å². The molecule has 1 aromatic heterocycles.